The van der Waals surface area contributed by atoms with Gasteiger partial charge in [0.25, 0.3) is 0 Å². The van der Waals surface area contributed by atoms with Crippen molar-refractivity contribution >= 4 is 11.8 Å². The summed E-state index contributed by atoms with van der Waals surface area (Å²) in [6, 6.07) is 0. The summed E-state index contributed by atoms with van der Waals surface area (Å²) in [4.78, 5) is 21.8. The van der Waals surface area contributed by atoms with Crippen molar-refractivity contribution in [3.63, 3.8) is 0 Å². The molecule has 0 aromatic rings. The highest BCUT2D eigenvalue weighted by molar-refractivity contribution is 5.96. The number of carbonyl (C=O) groups excluding carboxylic acids is 1. The second-order valence-corrected chi connectivity index (χ2v) is 9.23. The van der Waals surface area contributed by atoms with Crippen LogP contribution in [0.4, 0.5) is 0 Å². The Bertz CT molecular complexity index is 819. The summed E-state index contributed by atoms with van der Waals surface area (Å²) in [7, 11) is 0. The predicted molar refractivity (Wildman–Crippen MR) is 153 cm³/mol. The summed E-state index contributed by atoms with van der Waals surface area (Å²) < 4.78 is 0. The third-order valence-corrected chi connectivity index (χ3v) is 5.73. The zero-order valence-corrected chi connectivity index (χ0v) is 22.9. The fourth-order valence-corrected chi connectivity index (χ4v) is 3.49. The van der Waals surface area contributed by atoms with Gasteiger partial charge in [-0.05, 0) is 76.2 Å². The number of ketones is 1. The number of hydrogen-bond donors (Lipinski definition) is 2. The molecular weight excluding hydrogens is 448 g/mol. The highest BCUT2D eigenvalue weighted by atomic mass is 16.4. The van der Waals surface area contributed by atoms with Crippen LogP contribution in [0.2, 0.25) is 0 Å². The molecule has 0 saturated carbocycles. The van der Waals surface area contributed by atoms with Gasteiger partial charge in [-0.1, -0.05) is 93.7 Å². The van der Waals surface area contributed by atoms with Gasteiger partial charge in [-0.3, -0.25) is 9.59 Å². The Morgan fingerprint density at radius 2 is 1.25 bits per heavy atom. The summed E-state index contributed by atoms with van der Waals surface area (Å²) in [6.45, 7) is 8.02. The monoisotopic (exact) mass is 496 g/mol. The average Bonchev–Trinajstić information content (AvgIpc) is 2.84. The summed E-state index contributed by atoms with van der Waals surface area (Å²) in [5.74, 6) is -0.412. The van der Waals surface area contributed by atoms with Gasteiger partial charge in [0, 0.05) is 12.3 Å². The Hall–Kier alpha value is -2.88. The van der Waals surface area contributed by atoms with Crippen LogP contribution in [0.3, 0.4) is 0 Å². The minimum absolute atomic E-state index is 0.0138. The molecule has 1 unspecified atom stereocenters. The van der Waals surface area contributed by atoms with Crippen LogP contribution < -0.4 is 0 Å². The number of hydrogen-bond acceptors (Lipinski definition) is 3. The van der Waals surface area contributed by atoms with Crippen molar-refractivity contribution in [2.45, 2.75) is 91.9 Å². The molecule has 0 heterocycles. The molecule has 0 fully saturated rings. The van der Waals surface area contributed by atoms with Crippen molar-refractivity contribution in [3.05, 3.63) is 84.2 Å². The molecule has 200 valence electrons. The van der Waals surface area contributed by atoms with Crippen LogP contribution in [0.25, 0.3) is 0 Å². The van der Waals surface area contributed by atoms with Crippen LogP contribution in [-0.4, -0.2) is 22.0 Å². The van der Waals surface area contributed by atoms with Crippen LogP contribution >= 0.6 is 0 Å². The third kappa shape index (κ3) is 18.4. The van der Waals surface area contributed by atoms with Crippen molar-refractivity contribution in [1.82, 2.24) is 0 Å². The first kappa shape index (κ1) is 33.1. The molecule has 1 atom stereocenters. The predicted octanol–water partition coefficient (Wildman–Crippen LogP) is 9.00. The minimum atomic E-state index is -0.741. The molecule has 0 aromatic carbocycles. The van der Waals surface area contributed by atoms with E-state index in [2.05, 4.69) is 67.7 Å². The van der Waals surface area contributed by atoms with Gasteiger partial charge in [0.2, 0.25) is 0 Å². The highest BCUT2D eigenvalue weighted by Crippen LogP contribution is 2.29. The molecule has 0 amide bonds. The highest BCUT2D eigenvalue weighted by Gasteiger charge is 2.29. The summed E-state index contributed by atoms with van der Waals surface area (Å²) in [6.07, 6.45) is 34.2. The standard InChI is InChI=1S/C22H32O2.C10H16O2/c1-2-3-4-5-6-7-8-9-10-11-12-13-14-15-16-17-18-19-20-21-22(23)24;1-6(2)8-5-4-7(3)9(11)10(8)12/h3-4,6-7,9-10,12-13,15-16,18-19H,2,5,8,11,14,17,20-21H2,1H3,(H,23,24);6,8,11H,4-5H2,1-3H3/b4-3-,7-6-,10-9-,13-12-,16-15-,19-18-;. The number of allylic oxidation sites excluding steroid dienone is 14. The number of aliphatic hydroxyl groups excluding tert-OH is 1. The van der Waals surface area contributed by atoms with Crippen LogP contribution in [0.1, 0.15) is 91.9 Å². The van der Waals surface area contributed by atoms with E-state index in [-0.39, 0.29) is 23.9 Å². The number of Topliss-reactive ketones (excluding diaryl/α,β-unsaturated/α-hetero) is 1. The molecule has 0 radical (unpaired) electrons. The SMILES string of the molecule is CC/C=C\C/C=C\C/C=C\C/C=C\C/C=C\C/C=C\CCC(=O)O.CC1=C(O)C(=O)C(C(C)C)CC1. The van der Waals surface area contributed by atoms with E-state index in [9.17, 15) is 14.7 Å². The Kier molecular flexibility index (Phi) is 20.8. The van der Waals surface area contributed by atoms with Crippen molar-refractivity contribution in [2.24, 2.45) is 11.8 Å². The zero-order chi connectivity index (χ0) is 27.0. The Morgan fingerprint density at radius 3 is 1.64 bits per heavy atom. The van der Waals surface area contributed by atoms with E-state index in [0.717, 1.165) is 56.9 Å². The molecule has 0 saturated heterocycles. The van der Waals surface area contributed by atoms with Crippen molar-refractivity contribution < 1.29 is 19.8 Å². The first-order chi connectivity index (χ1) is 17.3. The number of carboxylic acids is 1. The van der Waals surface area contributed by atoms with Gasteiger partial charge < -0.3 is 10.2 Å². The lowest BCUT2D eigenvalue weighted by Gasteiger charge is -2.24. The molecule has 36 heavy (non-hydrogen) atoms. The fraction of sp³-hybridized carbons (Fsp3) is 0.500. The number of aliphatic hydroxyl groups is 1. The van der Waals surface area contributed by atoms with Crippen LogP contribution in [0, 0.1) is 11.8 Å². The second kappa shape index (κ2) is 22.6. The zero-order valence-electron chi connectivity index (χ0n) is 22.9. The van der Waals surface area contributed by atoms with E-state index < -0.39 is 5.97 Å². The topological polar surface area (TPSA) is 74.6 Å². The molecule has 0 bridgehead atoms. The van der Waals surface area contributed by atoms with Gasteiger partial charge >= 0.3 is 5.97 Å². The lowest BCUT2D eigenvalue weighted by Crippen LogP contribution is -2.26. The van der Waals surface area contributed by atoms with Gasteiger partial charge in [0.15, 0.2) is 11.5 Å². The first-order valence-corrected chi connectivity index (χ1v) is 13.4. The summed E-state index contributed by atoms with van der Waals surface area (Å²) >= 11 is 0. The average molecular weight is 497 g/mol. The van der Waals surface area contributed by atoms with E-state index in [0.29, 0.717) is 12.3 Å². The largest absolute Gasteiger partial charge is 0.504 e. The molecule has 4 nitrogen and oxygen atoms in total. The van der Waals surface area contributed by atoms with Crippen LogP contribution in [0.5, 0.6) is 0 Å². The molecule has 1 rings (SSSR count). The lowest BCUT2D eigenvalue weighted by molar-refractivity contribution is -0.136. The van der Waals surface area contributed by atoms with Crippen molar-refractivity contribution in [2.75, 3.05) is 0 Å². The first-order valence-electron chi connectivity index (χ1n) is 13.4. The summed E-state index contributed by atoms with van der Waals surface area (Å²) in [5, 5.41) is 17.9. The van der Waals surface area contributed by atoms with E-state index in [1.807, 2.05) is 32.9 Å². The molecule has 0 spiro atoms. The van der Waals surface area contributed by atoms with Gasteiger partial charge in [-0.15, -0.1) is 0 Å². The van der Waals surface area contributed by atoms with E-state index >= 15 is 0 Å². The molecular formula is C32H48O4. The maximum atomic E-state index is 11.5. The molecule has 4 heteroatoms. The maximum Gasteiger partial charge on any atom is 0.303 e. The normalized spacial score (nSPS) is 17.1. The Morgan fingerprint density at radius 1 is 0.833 bits per heavy atom. The van der Waals surface area contributed by atoms with Crippen molar-refractivity contribution in [1.29, 1.82) is 0 Å². The number of rotatable bonds is 15. The quantitative estimate of drug-likeness (QED) is 0.222. The van der Waals surface area contributed by atoms with Gasteiger partial charge in [-0.25, -0.2) is 0 Å². The van der Waals surface area contributed by atoms with Gasteiger partial charge in [0.05, 0.1) is 0 Å². The molecule has 0 aromatic heterocycles. The number of carbonyl (C=O) groups is 2. The lowest BCUT2D eigenvalue weighted by atomic mass is 9.81. The molecule has 1 aliphatic carbocycles. The van der Waals surface area contributed by atoms with Crippen LogP contribution in [0.15, 0.2) is 84.2 Å². The number of carboxylic acid groups (broad SMARTS) is 1. The molecule has 0 aliphatic heterocycles. The molecule has 1 aliphatic rings. The summed E-state index contributed by atoms with van der Waals surface area (Å²) in [5.41, 5.74) is 0.844. The Balaban J connectivity index is 0.000000846. The van der Waals surface area contributed by atoms with E-state index in [4.69, 9.17) is 5.11 Å². The second-order valence-electron chi connectivity index (χ2n) is 9.23. The third-order valence-electron chi connectivity index (χ3n) is 5.73. The van der Waals surface area contributed by atoms with Gasteiger partial charge in [0.1, 0.15) is 0 Å². The van der Waals surface area contributed by atoms with E-state index in [1.165, 1.54) is 0 Å². The number of aliphatic carboxylic acids is 1. The smallest absolute Gasteiger partial charge is 0.303 e. The molecule has 2 N–H and O–H groups in total. The minimum Gasteiger partial charge on any atom is -0.504 e. The van der Waals surface area contributed by atoms with E-state index in [1.54, 1.807) is 0 Å². The fourth-order valence-electron chi connectivity index (χ4n) is 3.49. The Labute approximate surface area is 219 Å². The van der Waals surface area contributed by atoms with Gasteiger partial charge in [-0.2, -0.15) is 0 Å². The van der Waals surface area contributed by atoms with Crippen LogP contribution in [-0.2, 0) is 9.59 Å². The van der Waals surface area contributed by atoms with Crippen molar-refractivity contribution in [3.8, 4) is 0 Å². The maximum absolute atomic E-state index is 11.5.